The van der Waals surface area contributed by atoms with Crippen LogP contribution in [0.4, 0.5) is 5.69 Å². The van der Waals surface area contributed by atoms with Crippen molar-refractivity contribution in [2.45, 2.75) is 26.3 Å². The summed E-state index contributed by atoms with van der Waals surface area (Å²) in [5.74, 6) is 0. The van der Waals surface area contributed by atoms with Gasteiger partial charge in [-0.15, -0.1) is 0 Å². The number of piperidine rings is 1. The second-order valence-electron chi connectivity index (χ2n) is 10.2. The SMILES string of the molecule is CNc1ccc(-c2ncc3c(ccn3CC3(C)CCN(C)CC3)c2-c2ccc(C#N)cc2)cc1C=N. The minimum atomic E-state index is 0.258. The molecule has 1 aliphatic heterocycles. The highest BCUT2D eigenvalue weighted by Crippen LogP contribution is 2.39. The summed E-state index contributed by atoms with van der Waals surface area (Å²) >= 11 is 0. The third-order valence-electron chi connectivity index (χ3n) is 7.63. The van der Waals surface area contributed by atoms with Gasteiger partial charge >= 0.3 is 0 Å². The molecule has 4 aromatic rings. The van der Waals surface area contributed by atoms with Gasteiger partial charge in [-0.25, -0.2) is 0 Å². The van der Waals surface area contributed by atoms with E-state index in [4.69, 9.17) is 10.4 Å². The topological polar surface area (TPSA) is 80.7 Å². The summed E-state index contributed by atoms with van der Waals surface area (Å²) in [4.78, 5) is 7.41. The van der Waals surface area contributed by atoms with E-state index in [2.05, 4.69) is 53.2 Å². The summed E-state index contributed by atoms with van der Waals surface area (Å²) < 4.78 is 2.36. The average molecular weight is 477 g/mol. The number of nitriles is 1. The Hall–Kier alpha value is -3.95. The lowest BCUT2D eigenvalue weighted by molar-refractivity contribution is 0.122. The first-order valence-corrected chi connectivity index (χ1v) is 12.4. The summed E-state index contributed by atoms with van der Waals surface area (Å²) in [5.41, 5.74) is 7.66. The highest BCUT2D eigenvalue weighted by Gasteiger charge is 2.30. The molecule has 1 saturated heterocycles. The maximum Gasteiger partial charge on any atom is 0.0991 e. The van der Waals surface area contributed by atoms with Crippen molar-refractivity contribution in [3.8, 4) is 28.5 Å². The van der Waals surface area contributed by atoms with Crippen LogP contribution in [0.15, 0.2) is 60.9 Å². The van der Waals surface area contributed by atoms with E-state index >= 15 is 0 Å². The third kappa shape index (κ3) is 4.38. The molecule has 1 aliphatic rings. The van der Waals surface area contributed by atoms with Crippen molar-refractivity contribution in [2.24, 2.45) is 5.41 Å². The molecule has 6 heteroatoms. The Morgan fingerprint density at radius 1 is 1.11 bits per heavy atom. The minimum Gasteiger partial charge on any atom is -0.388 e. The maximum atomic E-state index is 9.31. The smallest absolute Gasteiger partial charge is 0.0991 e. The zero-order chi connectivity index (χ0) is 25.3. The molecular formula is C30H32N6. The highest BCUT2D eigenvalue weighted by molar-refractivity contribution is 6.02. The number of aromatic nitrogens is 2. The Balaban J connectivity index is 1.66. The largest absolute Gasteiger partial charge is 0.388 e. The molecule has 1 fully saturated rings. The second-order valence-corrected chi connectivity index (χ2v) is 10.2. The highest BCUT2D eigenvalue weighted by atomic mass is 15.1. The number of rotatable bonds is 6. The number of nitrogens with one attached hydrogen (secondary N) is 2. The first-order chi connectivity index (χ1) is 17.4. The van der Waals surface area contributed by atoms with E-state index in [1.54, 1.807) is 0 Å². The summed E-state index contributed by atoms with van der Waals surface area (Å²) in [6.07, 6.45) is 7.92. The number of nitrogens with zero attached hydrogens (tertiary/aromatic N) is 4. The van der Waals surface area contributed by atoms with Crippen LogP contribution < -0.4 is 5.32 Å². The second kappa shape index (κ2) is 9.60. The van der Waals surface area contributed by atoms with Crippen LogP contribution in [-0.2, 0) is 6.54 Å². The fourth-order valence-corrected chi connectivity index (χ4v) is 5.30. The molecule has 2 aromatic heterocycles. The molecule has 0 unspecified atom stereocenters. The number of likely N-dealkylation sites (tertiary alicyclic amines) is 1. The van der Waals surface area contributed by atoms with Crippen molar-refractivity contribution in [1.82, 2.24) is 14.5 Å². The summed E-state index contributed by atoms with van der Waals surface area (Å²) in [6.45, 7) is 5.63. The van der Waals surface area contributed by atoms with Gasteiger partial charge < -0.3 is 20.2 Å². The zero-order valence-electron chi connectivity index (χ0n) is 21.2. The van der Waals surface area contributed by atoms with E-state index < -0.39 is 0 Å². The molecule has 3 heterocycles. The molecule has 5 rings (SSSR count). The molecule has 0 amide bonds. The van der Waals surface area contributed by atoms with Gasteiger partial charge in [0, 0.05) is 53.8 Å². The lowest BCUT2D eigenvalue weighted by Gasteiger charge is -2.38. The van der Waals surface area contributed by atoms with Crippen LogP contribution in [0.2, 0.25) is 0 Å². The third-order valence-corrected chi connectivity index (χ3v) is 7.63. The molecule has 6 nitrogen and oxygen atoms in total. The van der Waals surface area contributed by atoms with Gasteiger partial charge in [-0.2, -0.15) is 5.26 Å². The summed E-state index contributed by atoms with van der Waals surface area (Å²) in [7, 11) is 4.06. The number of fused-ring (bicyclic) bond motifs is 1. The molecular weight excluding hydrogens is 444 g/mol. The lowest BCUT2D eigenvalue weighted by Crippen LogP contribution is -2.38. The number of benzene rings is 2. The van der Waals surface area contributed by atoms with Crippen LogP contribution in [-0.4, -0.2) is 47.9 Å². The van der Waals surface area contributed by atoms with Gasteiger partial charge in [-0.05, 0) is 74.3 Å². The van der Waals surface area contributed by atoms with Gasteiger partial charge in [0.2, 0.25) is 0 Å². The van der Waals surface area contributed by atoms with Crippen molar-refractivity contribution in [3.63, 3.8) is 0 Å². The molecule has 2 N–H and O–H groups in total. The standard InChI is InChI=1S/C30H32N6/c1-30(11-14-35(3)15-12-30)20-36-13-10-25-27(36)19-34-29(23-8-9-26(33-2)24(16-23)18-32)28(25)22-6-4-21(17-31)5-7-22/h4-10,13,16,18-19,32-33H,11-12,14-15,20H2,1-3H3. The first kappa shape index (κ1) is 23.8. The van der Waals surface area contributed by atoms with Crippen LogP contribution in [0.25, 0.3) is 33.3 Å². The van der Waals surface area contributed by atoms with E-state index in [9.17, 15) is 5.26 Å². The van der Waals surface area contributed by atoms with Gasteiger partial charge in [0.1, 0.15) is 0 Å². The Bertz CT molecular complexity index is 1450. The van der Waals surface area contributed by atoms with Gasteiger partial charge in [-0.3, -0.25) is 4.98 Å². The molecule has 0 spiro atoms. The fraction of sp³-hybridized carbons (Fsp3) is 0.300. The summed E-state index contributed by atoms with van der Waals surface area (Å²) in [5, 5.41) is 21.5. The molecule has 0 aliphatic carbocycles. The van der Waals surface area contributed by atoms with Crippen molar-refractivity contribution < 1.29 is 0 Å². The normalized spacial score (nSPS) is 15.5. The Morgan fingerprint density at radius 3 is 2.50 bits per heavy atom. The molecule has 36 heavy (non-hydrogen) atoms. The molecule has 0 atom stereocenters. The van der Waals surface area contributed by atoms with Crippen molar-refractivity contribution in [1.29, 1.82) is 10.7 Å². The zero-order valence-corrected chi connectivity index (χ0v) is 21.2. The van der Waals surface area contributed by atoms with Gasteiger partial charge in [0.05, 0.1) is 29.0 Å². The molecule has 2 aromatic carbocycles. The predicted octanol–water partition coefficient (Wildman–Crippen LogP) is 6.01. The van der Waals surface area contributed by atoms with Gasteiger partial charge in [-0.1, -0.05) is 25.1 Å². The Labute approximate surface area is 212 Å². The van der Waals surface area contributed by atoms with Crippen LogP contribution in [0, 0.1) is 22.2 Å². The van der Waals surface area contributed by atoms with E-state index in [0.717, 1.165) is 64.2 Å². The Morgan fingerprint density at radius 2 is 1.83 bits per heavy atom. The number of pyridine rings is 1. The van der Waals surface area contributed by atoms with Crippen LogP contribution in [0.5, 0.6) is 0 Å². The minimum absolute atomic E-state index is 0.258. The maximum absolute atomic E-state index is 9.31. The predicted molar refractivity (Wildman–Crippen MR) is 148 cm³/mol. The van der Waals surface area contributed by atoms with E-state index in [0.29, 0.717) is 5.56 Å². The van der Waals surface area contributed by atoms with Gasteiger partial charge in [0.25, 0.3) is 0 Å². The van der Waals surface area contributed by atoms with Crippen molar-refractivity contribution >= 4 is 22.8 Å². The molecule has 0 bridgehead atoms. The quantitative estimate of drug-likeness (QED) is 0.334. The number of anilines is 1. The molecule has 182 valence electrons. The van der Waals surface area contributed by atoms with E-state index in [1.807, 2.05) is 49.6 Å². The van der Waals surface area contributed by atoms with Gasteiger partial charge in [0.15, 0.2) is 0 Å². The average Bonchev–Trinajstić information content (AvgIpc) is 3.31. The first-order valence-electron chi connectivity index (χ1n) is 12.4. The number of hydrogen-bond acceptors (Lipinski definition) is 5. The lowest BCUT2D eigenvalue weighted by atomic mass is 9.80. The Kier molecular flexibility index (Phi) is 6.34. The number of hydrogen-bond donors (Lipinski definition) is 2. The fourth-order valence-electron chi connectivity index (χ4n) is 5.30. The molecule has 0 saturated carbocycles. The van der Waals surface area contributed by atoms with Crippen LogP contribution in [0.1, 0.15) is 30.9 Å². The van der Waals surface area contributed by atoms with E-state index in [-0.39, 0.29) is 5.41 Å². The monoisotopic (exact) mass is 476 g/mol. The van der Waals surface area contributed by atoms with E-state index in [1.165, 1.54) is 19.1 Å². The van der Waals surface area contributed by atoms with Crippen molar-refractivity contribution in [3.05, 3.63) is 72.1 Å². The summed E-state index contributed by atoms with van der Waals surface area (Å²) in [6, 6.07) is 18.2. The van der Waals surface area contributed by atoms with Crippen LogP contribution >= 0.6 is 0 Å². The van der Waals surface area contributed by atoms with Crippen LogP contribution in [0.3, 0.4) is 0 Å². The molecule has 0 radical (unpaired) electrons. The van der Waals surface area contributed by atoms with Crippen molar-refractivity contribution in [2.75, 3.05) is 32.5 Å².